The summed E-state index contributed by atoms with van der Waals surface area (Å²) in [5, 5.41) is 6.20. The van der Waals surface area contributed by atoms with Crippen LogP contribution in [0.5, 0.6) is 0 Å². The lowest BCUT2D eigenvalue weighted by Crippen LogP contribution is -2.30. The van der Waals surface area contributed by atoms with Crippen molar-refractivity contribution in [1.82, 2.24) is 5.16 Å². The molecule has 0 aliphatic heterocycles. The molecule has 0 saturated carbocycles. The van der Waals surface area contributed by atoms with Crippen molar-refractivity contribution >= 4 is 29.5 Å². The van der Waals surface area contributed by atoms with Gasteiger partial charge in [-0.1, -0.05) is 11.2 Å². The van der Waals surface area contributed by atoms with Crippen LogP contribution >= 0.6 is 11.8 Å². The van der Waals surface area contributed by atoms with Crippen LogP contribution in [0.2, 0.25) is 0 Å². The van der Waals surface area contributed by atoms with Gasteiger partial charge in [-0.25, -0.2) is 0 Å². The van der Waals surface area contributed by atoms with Gasteiger partial charge in [-0.15, -0.1) is 11.8 Å². The van der Waals surface area contributed by atoms with Gasteiger partial charge >= 0.3 is 5.97 Å². The molecule has 134 valence electrons. The smallest absolute Gasteiger partial charge is 0.307 e. The highest BCUT2D eigenvalue weighted by Gasteiger charge is 2.19. The van der Waals surface area contributed by atoms with E-state index in [1.807, 2.05) is 6.07 Å². The van der Waals surface area contributed by atoms with Crippen LogP contribution in [0.4, 0.5) is 5.82 Å². The topological polar surface area (TPSA) is 81.4 Å². The van der Waals surface area contributed by atoms with Crippen molar-refractivity contribution in [1.29, 1.82) is 0 Å². The van der Waals surface area contributed by atoms with E-state index in [0.717, 1.165) is 4.90 Å². The molecule has 1 unspecified atom stereocenters. The van der Waals surface area contributed by atoms with Crippen molar-refractivity contribution in [2.75, 3.05) is 11.1 Å². The second-order valence-corrected chi connectivity index (χ2v) is 6.96. The molecule has 6 nitrogen and oxygen atoms in total. The molecule has 2 aromatic rings. The van der Waals surface area contributed by atoms with Gasteiger partial charge in [0, 0.05) is 16.7 Å². The molecule has 0 radical (unpaired) electrons. The van der Waals surface area contributed by atoms with Crippen LogP contribution in [-0.4, -0.2) is 28.9 Å². The van der Waals surface area contributed by atoms with Crippen LogP contribution in [0.15, 0.2) is 33.7 Å². The molecule has 25 heavy (non-hydrogen) atoms. The summed E-state index contributed by atoms with van der Waals surface area (Å²) in [4.78, 5) is 24.9. The van der Waals surface area contributed by atoms with Crippen molar-refractivity contribution in [3.8, 4) is 0 Å². The highest BCUT2D eigenvalue weighted by atomic mass is 32.2. The molecule has 1 N–H and O–H groups in total. The Balaban J connectivity index is 1.73. The summed E-state index contributed by atoms with van der Waals surface area (Å²) in [6, 6.07) is 7.79. The number of hydrogen-bond acceptors (Lipinski definition) is 6. The maximum atomic E-state index is 11.9. The van der Waals surface area contributed by atoms with Gasteiger partial charge in [0.25, 0.3) is 5.91 Å². The summed E-state index contributed by atoms with van der Waals surface area (Å²) >= 11 is 1.59. The average Bonchev–Trinajstić information content (AvgIpc) is 2.95. The Labute approximate surface area is 151 Å². The molecule has 0 saturated heterocycles. The fourth-order valence-corrected chi connectivity index (χ4v) is 2.95. The lowest BCUT2D eigenvalue weighted by molar-refractivity contribution is -0.152. The third-order valence-electron chi connectivity index (χ3n) is 3.61. The number of anilines is 1. The molecule has 0 spiro atoms. The molecule has 0 aliphatic carbocycles. The molecular formula is C18H22N2O4S. The van der Waals surface area contributed by atoms with Gasteiger partial charge in [-0.2, -0.15) is 0 Å². The first-order chi connectivity index (χ1) is 11.8. The molecule has 0 aliphatic rings. The minimum absolute atomic E-state index is 0.234. The van der Waals surface area contributed by atoms with Crippen LogP contribution in [0.25, 0.3) is 0 Å². The molecule has 1 heterocycles. The highest BCUT2D eigenvalue weighted by Crippen LogP contribution is 2.22. The molecule has 0 bridgehead atoms. The van der Waals surface area contributed by atoms with Crippen LogP contribution in [0.3, 0.4) is 0 Å². The van der Waals surface area contributed by atoms with Gasteiger partial charge in [0.05, 0.1) is 6.42 Å². The van der Waals surface area contributed by atoms with Crippen LogP contribution in [0, 0.1) is 20.8 Å². The second-order valence-electron chi connectivity index (χ2n) is 5.79. The lowest BCUT2D eigenvalue weighted by Gasteiger charge is -2.12. The maximum absolute atomic E-state index is 11.9. The number of amides is 1. The van der Waals surface area contributed by atoms with E-state index in [1.165, 1.54) is 18.1 Å². The first kappa shape index (κ1) is 19.1. The predicted octanol–water partition coefficient (Wildman–Crippen LogP) is 3.65. The number of ether oxygens (including phenoxy) is 1. The Morgan fingerprint density at radius 3 is 2.64 bits per heavy atom. The summed E-state index contributed by atoms with van der Waals surface area (Å²) in [5.41, 5.74) is 2.46. The molecule has 1 atom stereocenters. The Morgan fingerprint density at radius 1 is 1.24 bits per heavy atom. The average molecular weight is 362 g/mol. The molecule has 1 aromatic heterocycles. The van der Waals surface area contributed by atoms with E-state index in [-0.39, 0.29) is 6.42 Å². The highest BCUT2D eigenvalue weighted by molar-refractivity contribution is 7.99. The number of nitrogens with zero attached hydrogens (tertiary/aromatic N) is 1. The summed E-state index contributed by atoms with van der Waals surface area (Å²) in [6.45, 7) is 7.37. The number of hydrogen-bond donors (Lipinski definition) is 1. The summed E-state index contributed by atoms with van der Waals surface area (Å²) < 4.78 is 10.0. The molecule has 7 heteroatoms. The minimum atomic E-state index is -0.892. The summed E-state index contributed by atoms with van der Waals surface area (Å²) in [5.74, 6) is 0.635. The van der Waals surface area contributed by atoms with Crippen LogP contribution in [0.1, 0.15) is 30.2 Å². The standard InChI is InChI=1S/C18H22N2O4S/c1-11-5-6-15(9-12(11)2)25-8-7-17(21)23-14(4)18(22)19-16-10-13(3)24-20-16/h5-6,9-10,14H,7-8H2,1-4H3,(H,19,20,22). The number of nitrogens with one attached hydrogen (secondary N) is 1. The first-order valence-electron chi connectivity index (χ1n) is 7.99. The van der Waals surface area contributed by atoms with Crippen molar-refractivity contribution in [3.05, 3.63) is 41.2 Å². The quantitative estimate of drug-likeness (QED) is 0.598. The molecular weight excluding hydrogens is 340 g/mol. The van der Waals surface area contributed by atoms with Gasteiger partial charge in [0.1, 0.15) is 5.76 Å². The van der Waals surface area contributed by atoms with E-state index in [9.17, 15) is 9.59 Å². The number of rotatable bonds is 7. The van der Waals surface area contributed by atoms with Gasteiger partial charge in [0.15, 0.2) is 11.9 Å². The molecule has 2 rings (SSSR count). The van der Waals surface area contributed by atoms with E-state index in [0.29, 0.717) is 17.3 Å². The van der Waals surface area contributed by atoms with E-state index in [2.05, 4.69) is 36.5 Å². The first-order valence-corrected chi connectivity index (χ1v) is 8.97. The number of aryl methyl sites for hydroxylation is 3. The summed E-state index contributed by atoms with van der Waals surface area (Å²) in [6.07, 6.45) is -0.658. The van der Waals surface area contributed by atoms with Gasteiger partial charge in [-0.05, 0) is 51.0 Å². The molecule has 1 aromatic carbocycles. The third kappa shape index (κ3) is 5.94. The number of carbonyl (C=O) groups is 2. The zero-order chi connectivity index (χ0) is 18.4. The fourth-order valence-electron chi connectivity index (χ4n) is 2.02. The van der Waals surface area contributed by atoms with Crippen molar-refractivity contribution in [2.24, 2.45) is 0 Å². The SMILES string of the molecule is Cc1cc(NC(=O)C(C)OC(=O)CCSc2ccc(C)c(C)c2)no1. The van der Waals surface area contributed by atoms with Crippen LogP contribution in [-0.2, 0) is 14.3 Å². The largest absolute Gasteiger partial charge is 0.453 e. The van der Waals surface area contributed by atoms with E-state index in [4.69, 9.17) is 9.26 Å². The lowest BCUT2D eigenvalue weighted by atomic mass is 10.1. The van der Waals surface area contributed by atoms with E-state index >= 15 is 0 Å². The normalized spacial score (nSPS) is 11.8. The zero-order valence-electron chi connectivity index (χ0n) is 14.8. The number of carbonyl (C=O) groups excluding carboxylic acids is 2. The van der Waals surface area contributed by atoms with Gasteiger partial charge in [-0.3, -0.25) is 9.59 Å². The van der Waals surface area contributed by atoms with Gasteiger partial charge in [0.2, 0.25) is 0 Å². The number of esters is 1. The monoisotopic (exact) mass is 362 g/mol. The molecule has 0 fully saturated rings. The minimum Gasteiger partial charge on any atom is -0.453 e. The Hall–Kier alpha value is -2.28. The predicted molar refractivity (Wildman–Crippen MR) is 96.7 cm³/mol. The van der Waals surface area contributed by atoms with Crippen LogP contribution < -0.4 is 5.32 Å². The Bertz CT molecular complexity index is 757. The van der Waals surface area contributed by atoms with E-state index < -0.39 is 18.0 Å². The van der Waals surface area contributed by atoms with Crippen molar-refractivity contribution in [2.45, 2.75) is 45.1 Å². The summed E-state index contributed by atoms with van der Waals surface area (Å²) in [7, 11) is 0. The number of aromatic nitrogens is 1. The number of benzene rings is 1. The second kappa shape index (κ2) is 8.71. The fraction of sp³-hybridized carbons (Fsp3) is 0.389. The zero-order valence-corrected chi connectivity index (χ0v) is 15.6. The number of thioether (sulfide) groups is 1. The van der Waals surface area contributed by atoms with Crippen molar-refractivity contribution in [3.63, 3.8) is 0 Å². The Kier molecular flexibility index (Phi) is 6.64. The maximum Gasteiger partial charge on any atom is 0.307 e. The third-order valence-corrected chi connectivity index (χ3v) is 4.61. The Morgan fingerprint density at radius 2 is 2.00 bits per heavy atom. The van der Waals surface area contributed by atoms with Gasteiger partial charge < -0.3 is 14.6 Å². The van der Waals surface area contributed by atoms with Crippen molar-refractivity contribution < 1.29 is 18.8 Å². The molecule has 1 amide bonds. The van der Waals surface area contributed by atoms with E-state index in [1.54, 1.807) is 24.8 Å².